The summed E-state index contributed by atoms with van der Waals surface area (Å²) in [6.07, 6.45) is 1.74. The first-order chi connectivity index (χ1) is 13.2. The van der Waals surface area contributed by atoms with Gasteiger partial charge in [-0.1, -0.05) is 35.5 Å². The topological polar surface area (TPSA) is 81.1 Å². The van der Waals surface area contributed by atoms with E-state index in [1.165, 1.54) is 11.8 Å². The van der Waals surface area contributed by atoms with E-state index in [0.717, 1.165) is 17.5 Å². The molecule has 2 aromatic carbocycles. The number of benzene rings is 2. The monoisotopic (exact) mass is 437 g/mol. The van der Waals surface area contributed by atoms with Gasteiger partial charge in [-0.25, -0.2) is 18.1 Å². The van der Waals surface area contributed by atoms with E-state index in [-0.39, 0.29) is 5.56 Å². The molecule has 1 heterocycles. The third-order valence-corrected chi connectivity index (χ3v) is 5.97. The maximum Gasteiger partial charge on any atom is 0.266 e. The molecule has 1 N–H and O–H groups in total. The van der Waals surface area contributed by atoms with Crippen molar-refractivity contribution in [2.75, 3.05) is 18.6 Å². The number of thioether (sulfide) groups is 1. The number of fused-ring (bicyclic) bond motifs is 1. The van der Waals surface area contributed by atoms with Gasteiger partial charge in [0.2, 0.25) is 10.0 Å². The molecular formula is C19H20ClN3O3S2. The summed E-state index contributed by atoms with van der Waals surface area (Å²) in [6, 6.07) is 12.7. The molecule has 0 aliphatic heterocycles. The Balaban J connectivity index is 1.98. The number of sulfonamides is 1. The fourth-order valence-electron chi connectivity index (χ4n) is 2.72. The van der Waals surface area contributed by atoms with Crippen LogP contribution in [0.2, 0.25) is 5.02 Å². The highest BCUT2D eigenvalue weighted by molar-refractivity contribution is 7.99. The zero-order chi connectivity index (χ0) is 20.3. The van der Waals surface area contributed by atoms with Crippen molar-refractivity contribution in [1.82, 2.24) is 14.3 Å². The molecule has 0 fully saturated rings. The average molecular weight is 438 g/mol. The van der Waals surface area contributed by atoms with E-state index in [2.05, 4.69) is 9.71 Å². The zero-order valence-electron chi connectivity index (χ0n) is 15.5. The van der Waals surface area contributed by atoms with E-state index in [1.54, 1.807) is 22.8 Å². The second kappa shape index (κ2) is 8.65. The van der Waals surface area contributed by atoms with Gasteiger partial charge in [0, 0.05) is 17.3 Å². The second-order valence-electron chi connectivity index (χ2n) is 6.40. The number of halogens is 1. The summed E-state index contributed by atoms with van der Waals surface area (Å²) in [4.78, 5) is 17.8. The van der Waals surface area contributed by atoms with Gasteiger partial charge in [-0.05, 0) is 49.2 Å². The van der Waals surface area contributed by atoms with Crippen molar-refractivity contribution in [1.29, 1.82) is 0 Å². The molecule has 0 amide bonds. The van der Waals surface area contributed by atoms with Crippen LogP contribution in [0.3, 0.4) is 0 Å². The highest BCUT2D eigenvalue weighted by Gasteiger charge is 2.14. The highest BCUT2D eigenvalue weighted by atomic mass is 35.5. The second-order valence-corrected chi connectivity index (χ2v) is 9.74. The fourth-order valence-corrected chi connectivity index (χ4v) is 4.36. The lowest BCUT2D eigenvalue weighted by molar-refractivity contribution is 0.587. The molecule has 9 heteroatoms. The van der Waals surface area contributed by atoms with Crippen LogP contribution in [0, 0.1) is 6.92 Å². The SMILES string of the molecule is Cc1cccc(-n2c(SCCCNS(C)(=O)=O)nc3cc(Cl)ccc3c2=O)c1. The lowest BCUT2D eigenvalue weighted by Crippen LogP contribution is -2.24. The minimum absolute atomic E-state index is 0.163. The van der Waals surface area contributed by atoms with Crippen molar-refractivity contribution in [2.45, 2.75) is 18.5 Å². The molecule has 28 heavy (non-hydrogen) atoms. The summed E-state index contributed by atoms with van der Waals surface area (Å²) >= 11 is 7.48. The molecule has 0 unspecified atom stereocenters. The Hall–Kier alpha value is -1.87. The van der Waals surface area contributed by atoms with Crippen molar-refractivity contribution in [3.8, 4) is 5.69 Å². The molecule has 0 spiro atoms. The van der Waals surface area contributed by atoms with Gasteiger partial charge in [-0.2, -0.15) is 0 Å². The molecule has 0 bridgehead atoms. The Morgan fingerprint density at radius 1 is 1.21 bits per heavy atom. The molecule has 148 valence electrons. The number of nitrogens with one attached hydrogen (secondary N) is 1. The van der Waals surface area contributed by atoms with Gasteiger partial charge >= 0.3 is 0 Å². The molecule has 0 saturated carbocycles. The number of aromatic nitrogens is 2. The van der Waals surface area contributed by atoms with Gasteiger partial charge < -0.3 is 0 Å². The van der Waals surface area contributed by atoms with Gasteiger partial charge in [0.15, 0.2) is 5.16 Å². The van der Waals surface area contributed by atoms with E-state index in [9.17, 15) is 13.2 Å². The first kappa shape index (κ1) is 20.9. The van der Waals surface area contributed by atoms with E-state index in [4.69, 9.17) is 11.6 Å². The summed E-state index contributed by atoms with van der Waals surface area (Å²) in [5, 5.41) is 1.56. The number of nitrogens with zero attached hydrogens (tertiary/aromatic N) is 2. The number of hydrogen-bond acceptors (Lipinski definition) is 5. The summed E-state index contributed by atoms with van der Waals surface area (Å²) in [5.74, 6) is 0.604. The van der Waals surface area contributed by atoms with Crippen LogP contribution in [0.15, 0.2) is 52.4 Å². The number of rotatable bonds is 7. The predicted octanol–water partition coefficient (Wildman–Crippen LogP) is 3.38. The Morgan fingerprint density at radius 2 is 2.00 bits per heavy atom. The van der Waals surface area contributed by atoms with E-state index in [1.807, 2.05) is 31.2 Å². The molecular weight excluding hydrogens is 418 g/mol. The van der Waals surface area contributed by atoms with E-state index >= 15 is 0 Å². The summed E-state index contributed by atoms with van der Waals surface area (Å²) in [6.45, 7) is 2.30. The molecule has 1 aromatic heterocycles. The van der Waals surface area contributed by atoms with Gasteiger partial charge in [-0.3, -0.25) is 9.36 Å². The van der Waals surface area contributed by atoms with Crippen molar-refractivity contribution < 1.29 is 8.42 Å². The molecule has 3 aromatic rings. The minimum Gasteiger partial charge on any atom is -0.268 e. The van der Waals surface area contributed by atoms with Crippen molar-refractivity contribution in [2.24, 2.45) is 0 Å². The van der Waals surface area contributed by atoms with Crippen LogP contribution in [0.5, 0.6) is 0 Å². The lowest BCUT2D eigenvalue weighted by atomic mass is 10.2. The third kappa shape index (κ3) is 5.14. The van der Waals surface area contributed by atoms with Crippen LogP contribution in [0.4, 0.5) is 0 Å². The number of aryl methyl sites for hydroxylation is 1. The maximum absolute atomic E-state index is 13.2. The van der Waals surface area contributed by atoms with Crippen LogP contribution in [-0.4, -0.2) is 36.5 Å². The van der Waals surface area contributed by atoms with Gasteiger partial charge in [-0.15, -0.1) is 0 Å². The highest BCUT2D eigenvalue weighted by Crippen LogP contribution is 2.23. The van der Waals surface area contributed by atoms with E-state index < -0.39 is 10.0 Å². The molecule has 0 saturated heterocycles. The van der Waals surface area contributed by atoms with Crippen LogP contribution in [0.25, 0.3) is 16.6 Å². The molecule has 0 aliphatic rings. The first-order valence-electron chi connectivity index (χ1n) is 8.61. The largest absolute Gasteiger partial charge is 0.268 e. The molecule has 0 aliphatic carbocycles. The van der Waals surface area contributed by atoms with Gasteiger partial charge in [0.1, 0.15) is 0 Å². The van der Waals surface area contributed by atoms with Crippen LogP contribution >= 0.6 is 23.4 Å². The predicted molar refractivity (Wildman–Crippen MR) is 115 cm³/mol. The van der Waals surface area contributed by atoms with Crippen LogP contribution in [0.1, 0.15) is 12.0 Å². The summed E-state index contributed by atoms with van der Waals surface area (Å²) in [5.41, 5.74) is 2.15. The maximum atomic E-state index is 13.2. The van der Waals surface area contributed by atoms with Crippen molar-refractivity contribution in [3.05, 3.63) is 63.4 Å². The van der Waals surface area contributed by atoms with Crippen molar-refractivity contribution in [3.63, 3.8) is 0 Å². The van der Waals surface area contributed by atoms with E-state index in [0.29, 0.717) is 39.8 Å². The summed E-state index contributed by atoms with van der Waals surface area (Å²) < 4.78 is 26.4. The van der Waals surface area contributed by atoms with Crippen molar-refractivity contribution >= 4 is 44.3 Å². The molecule has 6 nitrogen and oxygen atoms in total. The Kier molecular flexibility index (Phi) is 6.44. The Labute approximate surface area is 173 Å². The molecule has 3 rings (SSSR count). The van der Waals surface area contributed by atoms with Gasteiger partial charge in [0.05, 0.1) is 22.8 Å². The fraction of sp³-hybridized carbons (Fsp3) is 0.263. The zero-order valence-corrected chi connectivity index (χ0v) is 17.9. The van der Waals surface area contributed by atoms with Crippen LogP contribution < -0.4 is 10.3 Å². The average Bonchev–Trinajstić information content (AvgIpc) is 2.60. The molecule has 0 atom stereocenters. The quantitative estimate of drug-likeness (QED) is 0.348. The molecule has 0 radical (unpaired) electrons. The van der Waals surface area contributed by atoms with Gasteiger partial charge in [0.25, 0.3) is 5.56 Å². The van der Waals surface area contributed by atoms with Crippen LogP contribution in [-0.2, 0) is 10.0 Å². The number of hydrogen-bond donors (Lipinski definition) is 1. The third-order valence-electron chi connectivity index (χ3n) is 3.98. The summed E-state index contributed by atoms with van der Waals surface area (Å²) in [7, 11) is -3.21. The minimum atomic E-state index is -3.21. The normalized spacial score (nSPS) is 11.8. The lowest BCUT2D eigenvalue weighted by Gasteiger charge is -2.14. The standard InChI is InChI=1S/C19H20ClN3O3S2/c1-13-5-3-6-15(11-13)23-18(24)16-8-7-14(20)12-17(16)22-19(23)27-10-4-9-21-28(2,25)26/h3,5-8,11-12,21H,4,9-10H2,1-2H3. The Bertz CT molecular complexity index is 1180. The smallest absolute Gasteiger partial charge is 0.266 e. The Morgan fingerprint density at radius 3 is 2.71 bits per heavy atom. The first-order valence-corrected chi connectivity index (χ1v) is 11.9.